The number of alkyl carbamates (subject to hydrolysis) is 1. The highest BCUT2D eigenvalue weighted by Gasteiger charge is 2.19. The van der Waals surface area contributed by atoms with E-state index in [0.717, 1.165) is 91.5 Å². The van der Waals surface area contributed by atoms with Gasteiger partial charge in [0, 0.05) is 24.2 Å². The molecule has 274 valence electrons. The highest BCUT2D eigenvalue weighted by molar-refractivity contribution is 6.29. The van der Waals surface area contributed by atoms with Crippen LogP contribution in [-0.4, -0.2) is 44.5 Å². The third-order valence-electron chi connectivity index (χ3n) is 7.35. The number of carbonyl (C=O) groups is 2. The number of allylic oxidation sites excluding steroid dienone is 9. The zero-order valence-electron chi connectivity index (χ0n) is 31.6. The summed E-state index contributed by atoms with van der Waals surface area (Å²) in [5, 5.41) is 12.0. The maximum atomic E-state index is 12.5. The molecule has 0 aromatic heterocycles. The van der Waals surface area contributed by atoms with Crippen molar-refractivity contribution in [3.63, 3.8) is 0 Å². The zero-order valence-corrected chi connectivity index (χ0v) is 32.3. The monoisotopic (exact) mass is 691 g/mol. The number of ether oxygens (including phenoxy) is 2. The van der Waals surface area contributed by atoms with Gasteiger partial charge in [0.05, 0.1) is 18.7 Å². The van der Waals surface area contributed by atoms with E-state index in [4.69, 9.17) is 26.2 Å². The number of nitrogens with one attached hydrogen (secondary N) is 3. The lowest BCUT2D eigenvalue weighted by atomic mass is 9.90. The van der Waals surface area contributed by atoms with E-state index in [0.29, 0.717) is 11.6 Å². The Morgan fingerprint density at radius 3 is 2.12 bits per heavy atom. The fourth-order valence-corrected chi connectivity index (χ4v) is 4.86. The number of methoxy groups -OCH3 is 1. The van der Waals surface area contributed by atoms with Crippen molar-refractivity contribution in [2.45, 2.75) is 120 Å². The van der Waals surface area contributed by atoms with Crippen molar-refractivity contribution < 1.29 is 24.2 Å². The average Bonchev–Trinajstić information content (AvgIpc) is 3.08. The highest BCUT2D eigenvalue weighted by Crippen LogP contribution is 2.23. The van der Waals surface area contributed by atoms with E-state index in [1.807, 2.05) is 65.1 Å². The van der Waals surface area contributed by atoms with Gasteiger partial charge in [0.25, 0.3) is 0 Å². The number of hydrogen-bond acceptors (Lipinski definition) is 6. The second-order valence-electron chi connectivity index (χ2n) is 11.2. The van der Waals surface area contributed by atoms with Crippen LogP contribution in [0.3, 0.4) is 0 Å². The molecule has 1 aliphatic carbocycles. The standard InChI is InChI=1S/C30H48ClN3O3.C7H12O2.C2H6/c1-9-12-13-14-15-18-27(25(6)31)22-37-30(35)33-21-26(17-11-3)29(34-32-7)24(5)19-20-28(36-8)23(4)16-10-2;8-7(9)6-4-2-1-3-5-6;1-2/h13-16,18-20,32,34H,9-12,17,21-22H2,1-8H3,(H,33,35);6H,1-5H2,(H,8,9);1-2H3/b14-13+,18-15-,23-16+,24-19+,27-25-,28-20+,29-26+;;. The quantitative estimate of drug-likeness (QED) is 0.0643. The summed E-state index contributed by atoms with van der Waals surface area (Å²) in [7, 11) is 3.49. The molecule has 0 unspecified atom stereocenters. The third-order valence-corrected chi connectivity index (χ3v) is 7.60. The smallest absolute Gasteiger partial charge is 0.407 e. The van der Waals surface area contributed by atoms with Crippen LogP contribution < -0.4 is 16.2 Å². The van der Waals surface area contributed by atoms with Crippen LogP contribution in [0.1, 0.15) is 120 Å². The normalized spacial score (nSPS) is 15.4. The van der Waals surface area contributed by atoms with Gasteiger partial charge < -0.3 is 25.3 Å². The molecule has 8 nitrogen and oxygen atoms in total. The summed E-state index contributed by atoms with van der Waals surface area (Å²) in [5.74, 6) is 0.186. The third kappa shape index (κ3) is 22.4. The lowest BCUT2D eigenvalue weighted by Crippen LogP contribution is -2.32. The van der Waals surface area contributed by atoms with Gasteiger partial charge in [0.1, 0.15) is 12.4 Å². The number of hydrazine groups is 1. The molecule has 1 aliphatic rings. The summed E-state index contributed by atoms with van der Waals surface area (Å²) >= 11 is 6.19. The van der Waals surface area contributed by atoms with Gasteiger partial charge in [-0.15, -0.1) is 0 Å². The summed E-state index contributed by atoms with van der Waals surface area (Å²) in [6.07, 6.45) is 23.5. The molecule has 4 N–H and O–H groups in total. The first-order valence-corrected chi connectivity index (χ1v) is 18.0. The molecule has 9 heteroatoms. The molecule has 1 saturated carbocycles. The lowest BCUT2D eigenvalue weighted by Gasteiger charge is -2.18. The van der Waals surface area contributed by atoms with Crippen LogP contribution in [0, 0.1) is 5.92 Å². The minimum Gasteiger partial charge on any atom is -0.497 e. The fourth-order valence-electron chi connectivity index (χ4n) is 4.74. The molecule has 1 fully saturated rings. The van der Waals surface area contributed by atoms with Crippen LogP contribution in [-0.2, 0) is 14.3 Å². The van der Waals surface area contributed by atoms with Crippen molar-refractivity contribution in [2.24, 2.45) is 5.92 Å². The van der Waals surface area contributed by atoms with Gasteiger partial charge in [-0.05, 0) is 75.7 Å². The summed E-state index contributed by atoms with van der Waals surface area (Å²) in [5.41, 5.74) is 11.1. The molecule has 1 amide bonds. The van der Waals surface area contributed by atoms with E-state index < -0.39 is 12.1 Å². The van der Waals surface area contributed by atoms with Gasteiger partial charge in [-0.2, -0.15) is 0 Å². The number of halogens is 1. The zero-order chi connectivity index (χ0) is 36.7. The molecule has 0 spiro atoms. The molecule has 0 aromatic rings. The Morgan fingerprint density at radius 1 is 0.958 bits per heavy atom. The maximum Gasteiger partial charge on any atom is 0.407 e. The first-order valence-electron chi connectivity index (χ1n) is 17.6. The first kappa shape index (κ1) is 46.9. The first-order chi connectivity index (χ1) is 23.1. The Kier molecular flexibility index (Phi) is 30.3. The van der Waals surface area contributed by atoms with Crippen LogP contribution in [0.25, 0.3) is 0 Å². The van der Waals surface area contributed by atoms with Crippen LogP contribution in [0.2, 0.25) is 0 Å². The Balaban J connectivity index is 0. The molecular formula is C39H66ClN3O5. The number of carbonyl (C=O) groups excluding carboxylic acids is 1. The number of carboxylic acids is 1. The Morgan fingerprint density at radius 2 is 1.62 bits per heavy atom. The van der Waals surface area contributed by atoms with Crippen LogP contribution in [0.4, 0.5) is 4.79 Å². The van der Waals surface area contributed by atoms with Crippen molar-refractivity contribution in [2.75, 3.05) is 27.3 Å². The lowest BCUT2D eigenvalue weighted by molar-refractivity contribution is -0.142. The van der Waals surface area contributed by atoms with E-state index in [2.05, 4.69) is 49.1 Å². The van der Waals surface area contributed by atoms with Crippen molar-refractivity contribution in [3.8, 4) is 0 Å². The van der Waals surface area contributed by atoms with Crippen LogP contribution >= 0.6 is 11.6 Å². The van der Waals surface area contributed by atoms with E-state index in [1.54, 1.807) is 14.0 Å². The average molecular weight is 692 g/mol. The van der Waals surface area contributed by atoms with Gasteiger partial charge in [0.2, 0.25) is 0 Å². The van der Waals surface area contributed by atoms with Gasteiger partial charge in [-0.3, -0.25) is 4.79 Å². The predicted octanol–water partition coefficient (Wildman–Crippen LogP) is 10.4. The SMILES string of the molecule is CC.CC/C=C(C)/C(=C\C=C(C)\C(NNC)=C(\CCC)CNC(=O)OCC(/C=C\C=C\CCC)=C(/C)Cl)OC.O=C(O)C1CCCCC1. The molecule has 0 heterocycles. The molecule has 48 heavy (non-hydrogen) atoms. The molecule has 0 bridgehead atoms. The minimum absolute atomic E-state index is 0.0289. The molecule has 0 aliphatic heterocycles. The van der Waals surface area contributed by atoms with Crippen molar-refractivity contribution in [3.05, 3.63) is 81.3 Å². The second-order valence-corrected chi connectivity index (χ2v) is 11.8. The van der Waals surface area contributed by atoms with Crippen molar-refractivity contribution in [1.29, 1.82) is 0 Å². The number of unbranched alkanes of at least 4 members (excludes halogenated alkanes) is 1. The molecule has 0 aromatic carbocycles. The van der Waals surface area contributed by atoms with E-state index in [1.165, 1.54) is 6.42 Å². The summed E-state index contributed by atoms with van der Waals surface area (Å²) in [6.45, 7) is 16.6. The summed E-state index contributed by atoms with van der Waals surface area (Å²) < 4.78 is 11.0. The second kappa shape index (κ2) is 31.1. The van der Waals surface area contributed by atoms with Crippen LogP contribution in [0.5, 0.6) is 0 Å². The summed E-state index contributed by atoms with van der Waals surface area (Å²) in [4.78, 5) is 22.8. The topological polar surface area (TPSA) is 109 Å². The fraction of sp³-hybridized carbons (Fsp3) is 0.590. The highest BCUT2D eigenvalue weighted by atomic mass is 35.5. The number of carboxylic acid groups (broad SMARTS) is 1. The number of amides is 1. The van der Waals surface area contributed by atoms with Crippen molar-refractivity contribution in [1.82, 2.24) is 16.2 Å². The van der Waals surface area contributed by atoms with E-state index >= 15 is 0 Å². The Labute approximate surface area is 297 Å². The number of aliphatic carboxylic acids is 1. The van der Waals surface area contributed by atoms with Crippen LogP contribution in [0.15, 0.2) is 81.3 Å². The maximum absolute atomic E-state index is 12.5. The molecule has 1 rings (SSSR count). The minimum atomic E-state index is -0.602. The molecule has 0 saturated heterocycles. The van der Waals surface area contributed by atoms with Gasteiger partial charge in [-0.25, -0.2) is 10.2 Å². The van der Waals surface area contributed by atoms with Crippen molar-refractivity contribution >= 4 is 23.7 Å². The Bertz CT molecular complexity index is 1120. The van der Waals surface area contributed by atoms with Gasteiger partial charge in [0.15, 0.2) is 0 Å². The van der Waals surface area contributed by atoms with E-state index in [9.17, 15) is 9.59 Å². The number of rotatable bonds is 18. The Hall–Kier alpha value is -3.23. The number of hydrogen-bond donors (Lipinski definition) is 4. The summed E-state index contributed by atoms with van der Waals surface area (Å²) in [6, 6.07) is 0. The predicted molar refractivity (Wildman–Crippen MR) is 204 cm³/mol. The molecule has 0 atom stereocenters. The van der Waals surface area contributed by atoms with Gasteiger partial charge in [-0.1, -0.05) is 115 Å². The van der Waals surface area contributed by atoms with Gasteiger partial charge >= 0.3 is 12.1 Å². The molecular weight excluding hydrogens is 626 g/mol. The van der Waals surface area contributed by atoms with E-state index in [-0.39, 0.29) is 12.5 Å². The molecule has 0 radical (unpaired) electrons. The largest absolute Gasteiger partial charge is 0.497 e.